The Bertz CT molecular complexity index is 119. The van der Waals surface area contributed by atoms with Gasteiger partial charge in [0, 0.05) is 35.5 Å². The molecule has 0 aromatic rings. The number of hydrogen-bond donors (Lipinski definition) is 1. The highest BCUT2D eigenvalue weighted by molar-refractivity contribution is 14.1. The molecule has 1 saturated heterocycles. The van der Waals surface area contributed by atoms with E-state index >= 15 is 0 Å². The fraction of sp³-hybridized carbons (Fsp3) is 1.00. The Balaban J connectivity index is 2.11. The van der Waals surface area contributed by atoms with E-state index in [1.807, 2.05) is 0 Å². The molecule has 1 heterocycles. The third-order valence-corrected chi connectivity index (χ3v) is 3.20. The first kappa shape index (κ1) is 10.7. The summed E-state index contributed by atoms with van der Waals surface area (Å²) in [5.74, 6) is 0. The quantitative estimate of drug-likeness (QED) is 0.483. The summed E-state index contributed by atoms with van der Waals surface area (Å²) < 4.78 is 3.17. The van der Waals surface area contributed by atoms with Crippen LogP contribution >= 0.6 is 22.9 Å². The van der Waals surface area contributed by atoms with E-state index in [2.05, 4.69) is 38.2 Å². The normalized spacial score (nSPS) is 26.0. The van der Waals surface area contributed by atoms with E-state index in [1.165, 1.54) is 38.8 Å². The molecule has 1 rings (SSSR count). The van der Waals surface area contributed by atoms with Crippen LogP contribution in [-0.4, -0.2) is 30.6 Å². The van der Waals surface area contributed by atoms with Gasteiger partial charge in [0.1, 0.15) is 0 Å². The van der Waals surface area contributed by atoms with E-state index in [4.69, 9.17) is 0 Å². The highest BCUT2D eigenvalue weighted by atomic mass is 127. The lowest BCUT2D eigenvalue weighted by atomic mass is 10.0. The molecule has 2 nitrogen and oxygen atoms in total. The van der Waals surface area contributed by atoms with E-state index in [0.29, 0.717) is 0 Å². The molecule has 0 spiro atoms. The zero-order chi connectivity index (χ0) is 8.81. The van der Waals surface area contributed by atoms with Crippen LogP contribution in [0, 0.1) is 0 Å². The van der Waals surface area contributed by atoms with Crippen molar-refractivity contribution < 1.29 is 0 Å². The van der Waals surface area contributed by atoms with Crippen LogP contribution in [0.15, 0.2) is 0 Å². The molecule has 1 N–H and O–H groups in total. The Kier molecular flexibility index (Phi) is 5.50. The predicted molar refractivity (Wildman–Crippen MR) is 61.5 cm³/mol. The molecule has 1 unspecified atom stereocenters. The average molecular weight is 282 g/mol. The summed E-state index contributed by atoms with van der Waals surface area (Å²) in [4.78, 5) is 2.62. The third kappa shape index (κ3) is 3.58. The Hall–Kier alpha value is 0.650. The maximum atomic E-state index is 3.17. The fourth-order valence-electron chi connectivity index (χ4n) is 1.84. The number of hydrogen-bond acceptors (Lipinski definition) is 2. The van der Waals surface area contributed by atoms with Crippen molar-refractivity contribution in [1.29, 1.82) is 0 Å². The molecule has 0 saturated carbocycles. The topological polar surface area (TPSA) is 15.3 Å². The molecule has 1 aliphatic heterocycles. The van der Waals surface area contributed by atoms with Crippen molar-refractivity contribution >= 4 is 22.9 Å². The Morgan fingerprint density at radius 3 is 3.00 bits per heavy atom. The van der Waals surface area contributed by atoms with Crippen LogP contribution < -0.4 is 3.53 Å². The van der Waals surface area contributed by atoms with Crippen molar-refractivity contribution in [1.82, 2.24) is 8.43 Å². The number of rotatable bonds is 4. The number of nitrogens with zero attached hydrogens (tertiary/aromatic N) is 1. The Morgan fingerprint density at radius 1 is 1.50 bits per heavy atom. The summed E-state index contributed by atoms with van der Waals surface area (Å²) >= 11 is 2.22. The summed E-state index contributed by atoms with van der Waals surface area (Å²) in [5, 5.41) is 0. The first-order chi connectivity index (χ1) is 5.84. The van der Waals surface area contributed by atoms with Crippen LogP contribution in [0.4, 0.5) is 0 Å². The maximum Gasteiger partial charge on any atom is 0.0169 e. The molecular formula is C9H19IN2. The van der Waals surface area contributed by atoms with Gasteiger partial charge in [-0.25, -0.2) is 0 Å². The fourth-order valence-corrected chi connectivity index (χ4v) is 2.22. The smallest absolute Gasteiger partial charge is 0.0169 e. The summed E-state index contributed by atoms with van der Waals surface area (Å²) in [6, 6.07) is 0.827. The summed E-state index contributed by atoms with van der Waals surface area (Å²) in [6.45, 7) is 6.10. The predicted octanol–water partition coefficient (Wildman–Crippen LogP) is 2.19. The second-order valence-electron chi connectivity index (χ2n) is 3.62. The van der Waals surface area contributed by atoms with E-state index in [1.54, 1.807) is 0 Å². The second-order valence-corrected chi connectivity index (χ2v) is 4.38. The third-order valence-electron chi connectivity index (χ3n) is 2.66. The molecule has 0 aromatic heterocycles. The molecule has 12 heavy (non-hydrogen) atoms. The van der Waals surface area contributed by atoms with Crippen molar-refractivity contribution in [3.05, 3.63) is 0 Å². The van der Waals surface area contributed by atoms with E-state index in [0.717, 1.165) is 12.6 Å². The lowest BCUT2D eigenvalue weighted by molar-refractivity contribution is 0.160. The van der Waals surface area contributed by atoms with E-state index in [9.17, 15) is 0 Å². The van der Waals surface area contributed by atoms with Crippen molar-refractivity contribution in [3.63, 3.8) is 0 Å². The lowest BCUT2D eigenvalue weighted by Crippen LogP contribution is -2.38. The molecule has 1 aliphatic rings. The summed E-state index contributed by atoms with van der Waals surface area (Å²) in [7, 11) is 0. The SMILES string of the molecule is CC1CCCCN1CCCNI. The van der Waals surface area contributed by atoms with Gasteiger partial charge in [0.25, 0.3) is 0 Å². The van der Waals surface area contributed by atoms with Crippen LogP contribution in [0.2, 0.25) is 0 Å². The van der Waals surface area contributed by atoms with E-state index in [-0.39, 0.29) is 0 Å². The first-order valence-corrected chi connectivity index (χ1v) is 6.00. The van der Waals surface area contributed by atoms with Gasteiger partial charge >= 0.3 is 0 Å². The van der Waals surface area contributed by atoms with Crippen LogP contribution in [-0.2, 0) is 0 Å². The minimum Gasteiger partial charge on any atom is -0.301 e. The maximum absolute atomic E-state index is 3.17. The van der Waals surface area contributed by atoms with Crippen LogP contribution in [0.5, 0.6) is 0 Å². The van der Waals surface area contributed by atoms with Gasteiger partial charge in [-0.3, -0.25) is 3.53 Å². The average Bonchev–Trinajstić information content (AvgIpc) is 2.09. The largest absolute Gasteiger partial charge is 0.301 e. The van der Waals surface area contributed by atoms with Gasteiger partial charge in [-0.05, 0) is 39.3 Å². The van der Waals surface area contributed by atoms with Crippen molar-refractivity contribution in [2.45, 2.75) is 38.6 Å². The number of piperidine rings is 1. The van der Waals surface area contributed by atoms with Crippen LogP contribution in [0.3, 0.4) is 0 Å². The lowest BCUT2D eigenvalue weighted by Gasteiger charge is -2.33. The van der Waals surface area contributed by atoms with Gasteiger partial charge in [-0.1, -0.05) is 6.42 Å². The summed E-state index contributed by atoms with van der Waals surface area (Å²) in [5.41, 5.74) is 0. The molecular weight excluding hydrogens is 263 g/mol. The number of halogens is 1. The number of nitrogens with one attached hydrogen (secondary N) is 1. The molecule has 1 fully saturated rings. The second kappa shape index (κ2) is 6.16. The molecule has 0 amide bonds. The molecule has 0 bridgehead atoms. The standard InChI is InChI=1S/C9H19IN2/c1-9-5-2-3-7-12(9)8-4-6-11-10/h9,11H,2-8H2,1H3. The molecule has 0 radical (unpaired) electrons. The van der Waals surface area contributed by atoms with Gasteiger partial charge in [0.15, 0.2) is 0 Å². The van der Waals surface area contributed by atoms with Crippen molar-refractivity contribution in [2.75, 3.05) is 19.6 Å². The monoisotopic (exact) mass is 282 g/mol. The molecule has 0 aliphatic carbocycles. The summed E-state index contributed by atoms with van der Waals surface area (Å²) in [6.07, 6.45) is 5.52. The van der Waals surface area contributed by atoms with Crippen LogP contribution in [0.25, 0.3) is 0 Å². The van der Waals surface area contributed by atoms with E-state index < -0.39 is 0 Å². The molecule has 0 aromatic carbocycles. The molecule has 1 atom stereocenters. The van der Waals surface area contributed by atoms with Crippen LogP contribution in [0.1, 0.15) is 32.6 Å². The van der Waals surface area contributed by atoms with Gasteiger partial charge in [-0.15, -0.1) is 0 Å². The highest BCUT2D eigenvalue weighted by Gasteiger charge is 2.16. The first-order valence-electron chi connectivity index (χ1n) is 4.92. The zero-order valence-electron chi connectivity index (χ0n) is 7.85. The van der Waals surface area contributed by atoms with Crippen molar-refractivity contribution in [2.24, 2.45) is 0 Å². The highest BCUT2D eigenvalue weighted by Crippen LogP contribution is 2.15. The zero-order valence-corrected chi connectivity index (χ0v) is 10.0. The Labute approximate surface area is 89.6 Å². The minimum absolute atomic E-state index is 0.827. The van der Waals surface area contributed by atoms with Crippen molar-refractivity contribution in [3.8, 4) is 0 Å². The van der Waals surface area contributed by atoms with Gasteiger partial charge in [0.05, 0.1) is 0 Å². The number of likely N-dealkylation sites (tertiary alicyclic amines) is 1. The molecule has 3 heteroatoms. The van der Waals surface area contributed by atoms with Gasteiger partial charge in [-0.2, -0.15) is 0 Å². The minimum atomic E-state index is 0.827. The molecule has 72 valence electrons. The Morgan fingerprint density at radius 2 is 2.33 bits per heavy atom. The van der Waals surface area contributed by atoms with Gasteiger partial charge < -0.3 is 4.90 Å². The van der Waals surface area contributed by atoms with Gasteiger partial charge in [0.2, 0.25) is 0 Å².